The first-order valence-electron chi connectivity index (χ1n) is 16.6. The highest BCUT2D eigenvalue weighted by Gasteiger charge is 2.26. The van der Waals surface area contributed by atoms with Gasteiger partial charge in [-0.25, -0.2) is 0 Å². The third-order valence-electron chi connectivity index (χ3n) is 10.4. The Morgan fingerprint density at radius 3 is 1.30 bits per heavy atom. The van der Waals surface area contributed by atoms with Crippen molar-refractivity contribution in [1.82, 2.24) is 4.40 Å². The Bertz CT molecular complexity index is 2720. The summed E-state index contributed by atoms with van der Waals surface area (Å²) in [6, 6.07) is 37.8. The van der Waals surface area contributed by atoms with Crippen LogP contribution < -0.4 is 0 Å². The Morgan fingerprint density at radius 1 is 0.404 bits per heavy atom. The molecule has 3 nitrogen and oxygen atoms in total. The van der Waals surface area contributed by atoms with Gasteiger partial charge in [0, 0.05) is 43.1 Å². The van der Waals surface area contributed by atoms with E-state index in [0.29, 0.717) is 0 Å². The molecule has 6 aromatic carbocycles. The molecule has 0 spiro atoms. The van der Waals surface area contributed by atoms with Crippen molar-refractivity contribution < 1.29 is 8.83 Å². The summed E-state index contributed by atoms with van der Waals surface area (Å²) in [6.45, 7) is 13.8. The molecule has 3 heteroatoms. The van der Waals surface area contributed by atoms with Crippen molar-refractivity contribution in [1.29, 1.82) is 0 Å². The number of para-hydroxylation sites is 2. The summed E-state index contributed by atoms with van der Waals surface area (Å²) in [4.78, 5) is 0. The zero-order valence-electron chi connectivity index (χ0n) is 27.6. The SMILES string of the molecule is CC(C)(C)c1cc(-c2cc3c4ccc5c6ccccc6oc5c4n4c3c(c2)c2ccc3c5ccccc5oc3c24)cc(C(C)(C)C)c1. The fourth-order valence-corrected chi connectivity index (χ4v) is 7.88. The Hall–Kier alpha value is -5.28. The van der Waals surface area contributed by atoms with Crippen molar-refractivity contribution in [2.75, 3.05) is 0 Å². The molecule has 0 atom stereocenters. The lowest BCUT2D eigenvalue weighted by atomic mass is 9.79. The topological polar surface area (TPSA) is 30.7 Å². The van der Waals surface area contributed by atoms with Crippen LogP contribution in [0.1, 0.15) is 52.7 Å². The number of hydrogen-bond donors (Lipinski definition) is 0. The maximum Gasteiger partial charge on any atom is 0.160 e. The molecule has 0 aliphatic rings. The summed E-state index contributed by atoms with van der Waals surface area (Å²) < 4.78 is 15.9. The Morgan fingerprint density at radius 2 is 0.830 bits per heavy atom. The van der Waals surface area contributed by atoms with Crippen LogP contribution in [-0.2, 0) is 10.8 Å². The van der Waals surface area contributed by atoms with Crippen molar-refractivity contribution in [3.05, 3.63) is 114 Å². The van der Waals surface area contributed by atoms with Gasteiger partial charge in [-0.05, 0) is 69.5 Å². The zero-order chi connectivity index (χ0) is 32.0. The summed E-state index contributed by atoms with van der Waals surface area (Å²) in [7, 11) is 0. The van der Waals surface area contributed by atoms with E-state index >= 15 is 0 Å². The van der Waals surface area contributed by atoms with Gasteiger partial charge >= 0.3 is 0 Å². The van der Waals surface area contributed by atoms with Gasteiger partial charge in [0.2, 0.25) is 0 Å². The van der Waals surface area contributed by atoms with Crippen LogP contribution in [0.15, 0.2) is 112 Å². The Labute approximate surface area is 272 Å². The highest BCUT2D eigenvalue weighted by molar-refractivity contribution is 6.31. The van der Waals surface area contributed by atoms with Gasteiger partial charge in [0.25, 0.3) is 0 Å². The normalized spacial score (nSPS) is 13.3. The van der Waals surface area contributed by atoms with E-state index < -0.39 is 0 Å². The predicted octanol–water partition coefficient (Wildman–Crippen LogP) is 12.9. The number of furan rings is 2. The minimum atomic E-state index is 0.0271. The van der Waals surface area contributed by atoms with Crippen LogP contribution in [0.3, 0.4) is 0 Å². The van der Waals surface area contributed by atoms with Crippen LogP contribution >= 0.6 is 0 Å². The van der Waals surface area contributed by atoms with E-state index in [-0.39, 0.29) is 10.8 Å². The minimum absolute atomic E-state index is 0.0271. The molecule has 0 bridgehead atoms. The van der Waals surface area contributed by atoms with Crippen molar-refractivity contribution in [3.63, 3.8) is 0 Å². The summed E-state index contributed by atoms with van der Waals surface area (Å²) in [5.74, 6) is 0. The average Bonchev–Trinajstić information content (AvgIpc) is 3.79. The van der Waals surface area contributed by atoms with Crippen LogP contribution in [0.5, 0.6) is 0 Å². The largest absolute Gasteiger partial charge is 0.454 e. The molecular weight excluding hydrogens is 574 g/mol. The van der Waals surface area contributed by atoms with Crippen molar-refractivity contribution in [3.8, 4) is 11.1 Å². The Kier molecular flexibility index (Phi) is 5.00. The van der Waals surface area contributed by atoms with Crippen LogP contribution in [0.2, 0.25) is 0 Å². The molecule has 228 valence electrons. The van der Waals surface area contributed by atoms with Gasteiger partial charge in [-0.3, -0.25) is 0 Å². The molecule has 0 aliphatic heterocycles. The monoisotopic (exact) mass is 609 g/mol. The fourth-order valence-electron chi connectivity index (χ4n) is 7.88. The van der Waals surface area contributed by atoms with Gasteiger partial charge in [-0.15, -0.1) is 0 Å². The molecule has 0 radical (unpaired) electrons. The predicted molar refractivity (Wildman–Crippen MR) is 198 cm³/mol. The number of fused-ring (bicyclic) bond motifs is 14. The summed E-state index contributed by atoms with van der Waals surface area (Å²) in [5, 5.41) is 9.38. The molecule has 0 amide bonds. The number of benzene rings is 6. The van der Waals surface area contributed by atoms with Crippen LogP contribution in [-0.4, -0.2) is 4.40 Å². The highest BCUT2D eigenvalue weighted by atomic mass is 16.3. The molecular formula is C44H35NO2. The summed E-state index contributed by atoms with van der Waals surface area (Å²) in [6.07, 6.45) is 0. The number of rotatable bonds is 1. The van der Waals surface area contributed by atoms with Crippen LogP contribution in [0.25, 0.3) is 93.1 Å². The zero-order valence-corrected chi connectivity index (χ0v) is 27.6. The third kappa shape index (κ3) is 3.57. The van der Waals surface area contributed by atoms with Gasteiger partial charge < -0.3 is 13.2 Å². The molecule has 0 saturated heterocycles. The van der Waals surface area contributed by atoms with E-state index in [2.05, 4.69) is 137 Å². The molecule has 0 saturated carbocycles. The molecule has 0 aliphatic carbocycles. The molecule has 10 aromatic rings. The van der Waals surface area contributed by atoms with E-state index in [1.807, 2.05) is 12.1 Å². The minimum Gasteiger partial charge on any atom is -0.454 e. The molecule has 4 aromatic heterocycles. The first kappa shape index (κ1) is 26.9. The maximum absolute atomic E-state index is 6.72. The lowest BCUT2D eigenvalue weighted by Crippen LogP contribution is -2.16. The molecule has 4 heterocycles. The van der Waals surface area contributed by atoms with Gasteiger partial charge in [-0.2, -0.15) is 0 Å². The first-order chi connectivity index (χ1) is 22.6. The van der Waals surface area contributed by atoms with E-state index in [4.69, 9.17) is 8.83 Å². The molecule has 0 N–H and O–H groups in total. The lowest BCUT2D eigenvalue weighted by Gasteiger charge is -2.26. The first-order valence-corrected chi connectivity index (χ1v) is 16.6. The van der Waals surface area contributed by atoms with Crippen LogP contribution in [0, 0.1) is 0 Å². The summed E-state index contributed by atoms with van der Waals surface area (Å²) in [5.41, 5.74) is 12.3. The third-order valence-corrected chi connectivity index (χ3v) is 10.4. The quantitative estimate of drug-likeness (QED) is 0.185. The maximum atomic E-state index is 6.72. The molecule has 0 fully saturated rings. The van der Waals surface area contributed by atoms with Crippen LogP contribution in [0.4, 0.5) is 0 Å². The van der Waals surface area contributed by atoms with Crippen molar-refractivity contribution >= 4 is 82.0 Å². The smallest absolute Gasteiger partial charge is 0.160 e. The van der Waals surface area contributed by atoms with Gasteiger partial charge in [0.1, 0.15) is 11.2 Å². The molecule has 47 heavy (non-hydrogen) atoms. The Balaban J connectivity index is 1.42. The molecule has 0 unspecified atom stereocenters. The van der Waals surface area contributed by atoms with Crippen molar-refractivity contribution in [2.24, 2.45) is 0 Å². The van der Waals surface area contributed by atoms with Crippen molar-refractivity contribution in [2.45, 2.75) is 52.4 Å². The average molecular weight is 610 g/mol. The standard InChI is InChI=1S/C44H35NO2/c1-43(2,3)26-19-24(20-27(23-26)44(4,5)6)25-21-34-30-15-17-32-28-11-7-9-13-36(28)46-41(32)39(30)45-38(34)35(22-25)31-16-18-33-29-12-8-10-14-37(29)47-42(33)40(31)45/h7-23H,1-6H3. The van der Waals surface area contributed by atoms with Gasteiger partial charge in [0.15, 0.2) is 11.2 Å². The van der Waals surface area contributed by atoms with E-state index in [1.54, 1.807) is 0 Å². The van der Waals surface area contributed by atoms with E-state index in [9.17, 15) is 0 Å². The fraction of sp³-hybridized carbons (Fsp3) is 0.182. The second kappa shape index (κ2) is 8.74. The van der Waals surface area contributed by atoms with Gasteiger partial charge in [-0.1, -0.05) is 108 Å². The summed E-state index contributed by atoms with van der Waals surface area (Å²) >= 11 is 0. The van der Waals surface area contributed by atoms with E-state index in [0.717, 1.165) is 54.9 Å². The highest BCUT2D eigenvalue weighted by Crippen LogP contribution is 2.48. The number of hydrogen-bond acceptors (Lipinski definition) is 2. The van der Waals surface area contributed by atoms with E-state index in [1.165, 1.54) is 49.3 Å². The lowest BCUT2D eigenvalue weighted by molar-refractivity contribution is 0.569. The van der Waals surface area contributed by atoms with Gasteiger partial charge in [0.05, 0.1) is 16.6 Å². The number of nitrogens with zero attached hydrogens (tertiary/aromatic N) is 1. The molecule has 10 rings (SSSR count). The second-order valence-electron chi connectivity index (χ2n) is 15.4. The second-order valence-corrected chi connectivity index (χ2v) is 15.4. The number of aromatic nitrogens is 1.